The number of rotatable bonds is 4. The summed E-state index contributed by atoms with van der Waals surface area (Å²) in [5.41, 5.74) is -1.59. The molecule has 0 atom stereocenters. The van der Waals surface area contributed by atoms with Gasteiger partial charge in [0.2, 0.25) is 0 Å². The molecule has 0 bridgehead atoms. The molecule has 0 radical (unpaired) electrons. The number of nitriles is 2. The van der Waals surface area contributed by atoms with E-state index < -0.39 is 30.3 Å². The van der Waals surface area contributed by atoms with Gasteiger partial charge in [-0.05, 0) is 24.1 Å². The zero-order valence-electron chi connectivity index (χ0n) is 10.1. The molecule has 106 valence electrons. The average Bonchev–Trinajstić information content (AvgIpc) is 2.38. The Kier molecular flexibility index (Phi) is 4.97. The molecule has 1 aromatic rings. The first-order valence-corrected chi connectivity index (χ1v) is 5.92. The van der Waals surface area contributed by atoms with Gasteiger partial charge in [0.25, 0.3) is 0 Å². The van der Waals surface area contributed by atoms with E-state index in [1.807, 2.05) is 0 Å². The molecule has 0 aromatic heterocycles. The van der Waals surface area contributed by atoms with Crippen molar-refractivity contribution in [2.75, 3.05) is 0 Å². The summed E-state index contributed by atoms with van der Waals surface area (Å²) in [6.45, 7) is 0. The van der Waals surface area contributed by atoms with Crippen molar-refractivity contribution >= 4 is 11.6 Å². The normalized spacial score (nSPS) is 11.8. The van der Waals surface area contributed by atoms with Crippen molar-refractivity contribution in [2.24, 2.45) is 5.41 Å². The van der Waals surface area contributed by atoms with Crippen molar-refractivity contribution in [1.82, 2.24) is 0 Å². The summed E-state index contributed by atoms with van der Waals surface area (Å²) in [5, 5.41) is 17.9. The fourth-order valence-electron chi connectivity index (χ4n) is 1.66. The Hall–Kier alpha value is -1.79. The molecule has 1 rings (SSSR count). The van der Waals surface area contributed by atoms with Gasteiger partial charge in [0.1, 0.15) is 11.2 Å². The van der Waals surface area contributed by atoms with Crippen LogP contribution in [0.5, 0.6) is 0 Å². The lowest BCUT2D eigenvalue weighted by Gasteiger charge is -2.19. The summed E-state index contributed by atoms with van der Waals surface area (Å²) < 4.78 is 49.9. The highest BCUT2D eigenvalue weighted by atomic mass is 35.5. The highest BCUT2D eigenvalue weighted by Crippen LogP contribution is 2.33. The molecule has 1 aromatic carbocycles. The van der Waals surface area contributed by atoms with Crippen LogP contribution < -0.4 is 0 Å². The van der Waals surface area contributed by atoms with Crippen molar-refractivity contribution < 1.29 is 17.6 Å². The Bertz CT molecular complexity index is 555. The Balaban J connectivity index is 2.95. The fraction of sp³-hybridized carbons (Fsp3) is 0.385. The molecule has 7 heteroatoms. The standard InChI is InChI=1S/C13H9ClF4N2/c14-10-2-1-9(5-11(10)15)6-12(7-19,8-20)3-4-13(16,17)18/h1-2,5H,3-4,6H2. The monoisotopic (exact) mass is 304 g/mol. The number of nitrogens with zero attached hydrogens (tertiary/aromatic N) is 2. The largest absolute Gasteiger partial charge is 0.389 e. The quantitative estimate of drug-likeness (QED) is 0.774. The number of hydrogen-bond donors (Lipinski definition) is 0. The molecule has 0 amide bonds. The van der Waals surface area contributed by atoms with Gasteiger partial charge in [0.15, 0.2) is 0 Å². The minimum absolute atomic E-state index is 0.136. The molecular formula is C13H9ClF4N2. The van der Waals surface area contributed by atoms with Crippen molar-refractivity contribution in [3.05, 3.63) is 34.6 Å². The van der Waals surface area contributed by atoms with E-state index in [2.05, 4.69) is 0 Å². The molecular weight excluding hydrogens is 296 g/mol. The van der Waals surface area contributed by atoms with E-state index in [1.165, 1.54) is 12.1 Å². The van der Waals surface area contributed by atoms with Crippen LogP contribution in [-0.4, -0.2) is 6.18 Å². The molecule has 0 aliphatic rings. The van der Waals surface area contributed by atoms with Crippen LogP contribution in [0.25, 0.3) is 0 Å². The molecule has 0 saturated heterocycles. The van der Waals surface area contributed by atoms with E-state index in [9.17, 15) is 17.6 Å². The second-order valence-corrected chi connectivity index (χ2v) is 4.75. The van der Waals surface area contributed by atoms with Crippen LogP contribution in [0.4, 0.5) is 17.6 Å². The summed E-state index contributed by atoms with van der Waals surface area (Å²) >= 11 is 5.49. The Morgan fingerprint density at radius 3 is 2.15 bits per heavy atom. The highest BCUT2D eigenvalue weighted by Gasteiger charge is 2.37. The minimum atomic E-state index is -4.45. The lowest BCUT2D eigenvalue weighted by molar-refractivity contribution is -0.138. The lowest BCUT2D eigenvalue weighted by Crippen LogP contribution is -2.23. The van der Waals surface area contributed by atoms with Gasteiger partial charge in [-0.1, -0.05) is 17.7 Å². The zero-order valence-corrected chi connectivity index (χ0v) is 10.9. The van der Waals surface area contributed by atoms with Gasteiger partial charge in [0.05, 0.1) is 17.2 Å². The molecule has 0 heterocycles. The third kappa shape index (κ3) is 4.40. The predicted octanol–water partition coefficient (Wildman–Crippen LogP) is 4.40. The van der Waals surface area contributed by atoms with Crippen LogP contribution in [0.15, 0.2) is 18.2 Å². The van der Waals surface area contributed by atoms with Crippen molar-refractivity contribution in [1.29, 1.82) is 10.5 Å². The second kappa shape index (κ2) is 6.11. The maximum Gasteiger partial charge on any atom is 0.389 e. The number of hydrogen-bond acceptors (Lipinski definition) is 2. The molecule has 0 N–H and O–H groups in total. The number of benzene rings is 1. The van der Waals surface area contributed by atoms with E-state index in [4.69, 9.17) is 22.1 Å². The Morgan fingerprint density at radius 2 is 1.70 bits per heavy atom. The van der Waals surface area contributed by atoms with Crippen LogP contribution >= 0.6 is 11.6 Å². The Morgan fingerprint density at radius 1 is 1.10 bits per heavy atom. The molecule has 2 nitrogen and oxygen atoms in total. The maximum atomic E-state index is 13.3. The van der Waals surface area contributed by atoms with Crippen molar-refractivity contribution in [2.45, 2.75) is 25.4 Å². The SMILES string of the molecule is N#CC(C#N)(CCC(F)(F)F)Cc1ccc(Cl)c(F)c1. The third-order valence-electron chi connectivity index (χ3n) is 2.75. The average molecular weight is 305 g/mol. The molecule has 20 heavy (non-hydrogen) atoms. The van der Waals surface area contributed by atoms with Gasteiger partial charge in [-0.15, -0.1) is 0 Å². The summed E-state index contributed by atoms with van der Waals surface area (Å²) in [7, 11) is 0. The van der Waals surface area contributed by atoms with Gasteiger partial charge in [-0.3, -0.25) is 0 Å². The van der Waals surface area contributed by atoms with E-state index in [1.54, 1.807) is 12.1 Å². The first-order chi connectivity index (χ1) is 9.21. The van der Waals surface area contributed by atoms with Crippen molar-refractivity contribution in [3.63, 3.8) is 0 Å². The summed E-state index contributed by atoms with van der Waals surface area (Å²) in [4.78, 5) is 0. The molecule has 0 aliphatic carbocycles. The number of halogens is 5. The topological polar surface area (TPSA) is 47.6 Å². The molecule has 0 aliphatic heterocycles. The summed E-state index contributed by atoms with van der Waals surface area (Å²) in [6, 6.07) is 6.83. The van der Waals surface area contributed by atoms with E-state index >= 15 is 0 Å². The van der Waals surface area contributed by atoms with Gasteiger partial charge < -0.3 is 0 Å². The minimum Gasteiger partial charge on any atom is -0.205 e. The fourth-order valence-corrected chi connectivity index (χ4v) is 1.77. The second-order valence-electron chi connectivity index (χ2n) is 4.35. The van der Waals surface area contributed by atoms with E-state index in [-0.39, 0.29) is 17.0 Å². The molecule has 0 fully saturated rings. The van der Waals surface area contributed by atoms with Gasteiger partial charge in [0, 0.05) is 12.8 Å². The first kappa shape index (κ1) is 16.3. The van der Waals surface area contributed by atoms with Crippen LogP contribution in [-0.2, 0) is 6.42 Å². The van der Waals surface area contributed by atoms with Crippen LogP contribution in [0.3, 0.4) is 0 Å². The van der Waals surface area contributed by atoms with Gasteiger partial charge >= 0.3 is 6.18 Å². The zero-order chi connectivity index (χ0) is 15.4. The van der Waals surface area contributed by atoms with Crippen LogP contribution in [0, 0.1) is 33.9 Å². The summed E-state index contributed by atoms with van der Waals surface area (Å²) in [5.74, 6) is -0.746. The third-order valence-corrected chi connectivity index (χ3v) is 3.06. The van der Waals surface area contributed by atoms with Crippen LogP contribution in [0.1, 0.15) is 18.4 Å². The summed E-state index contributed by atoms with van der Waals surface area (Å²) in [6.07, 6.45) is -6.65. The van der Waals surface area contributed by atoms with E-state index in [0.29, 0.717) is 0 Å². The number of alkyl halides is 3. The lowest BCUT2D eigenvalue weighted by atomic mass is 9.80. The van der Waals surface area contributed by atoms with Crippen LogP contribution in [0.2, 0.25) is 5.02 Å². The maximum absolute atomic E-state index is 13.3. The molecule has 0 unspecified atom stereocenters. The van der Waals surface area contributed by atoms with Gasteiger partial charge in [-0.2, -0.15) is 23.7 Å². The van der Waals surface area contributed by atoms with E-state index in [0.717, 1.165) is 6.07 Å². The first-order valence-electron chi connectivity index (χ1n) is 5.54. The molecule has 0 saturated carbocycles. The molecule has 0 spiro atoms. The highest BCUT2D eigenvalue weighted by molar-refractivity contribution is 6.30. The smallest absolute Gasteiger partial charge is 0.205 e. The Labute approximate surface area is 118 Å². The van der Waals surface area contributed by atoms with Crippen molar-refractivity contribution in [3.8, 4) is 12.1 Å². The predicted molar refractivity (Wildman–Crippen MR) is 64.1 cm³/mol. The van der Waals surface area contributed by atoms with Gasteiger partial charge in [-0.25, -0.2) is 4.39 Å².